The van der Waals surface area contributed by atoms with Gasteiger partial charge in [-0.15, -0.1) is 0 Å². The molecule has 1 amide bonds. The molecule has 1 aromatic rings. The molecule has 1 rings (SSSR count). The zero-order valence-corrected chi connectivity index (χ0v) is 10.1. The van der Waals surface area contributed by atoms with Crippen molar-refractivity contribution in [2.45, 2.75) is 26.0 Å². The molecule has 0 aromatic heterocycles. The molecule has 0 saturated carbocycles. The SMILES string of the molecule is CC(C)(CO)NC(=O)c1cccc(OC(F)F)c1. The lowest BCUT2D eigenvalue weighted by Gasteiger charge is -2.23. The second-order valence-corrected chi connectivity index (χ2v) is 4.40. The summed E-state index contributed by atoms with van der Waals surface area (Å²) in [5.74, 6) is -0.548. The van der Waals surface area contributed by atoms with E-state index in [1.54, 1.807) is 13.8 Å². The number of hydrogen-bond acceptors (Lipinski definition) is 3. The third-order valence-electron chi connectivity index (χ3n) is 2.17. The molecule has 0 heterocycles. The number of amides is 1. The first-order chi connectivity index (χ1) is 8.34. The fourth-order valence-electron chi connectivity index (χ4n) is 1.23. The van der Waals surface area contributed by atoms with Crippen LogP contribution >= 0.6 is 0 Å². The van der Waals surface area contributed by atoms with Crippen LogP contribution in [0.3, 0.4) is 0 Å². The van der Waals surface area contributed by atoms with E-state index in [4.69, 9.17) is 5.11 Å². The van der Waals surface area contributed by atoms with E-state index in [9.17, 15) is 13.6 Å². The minimum Gasteiger partial charge on any atom is -0.435 e. The maximum absolute atomic E-state index is 12.0. The molecule has 0 aliphatic rings. The van der Waals surface area contributed by atoms with Crippen molar-refractivity contribution in [3.05, 3.63) is 29.8 Å². The number of rotatable bonds is 5. The number of hydrogen-bond donors (Lipinski definition) is 2. The van der Waals surface area contributed by atoms with Crippen LogP contribution in [-0.2, 0) is 0 Å². The second kappa shape index (κ2) is 5.77. The number of aliphatic hydroxyl groups excluding tert-OH is 1. The molecule has 4 nitrogen and oxygen atoms in total. The van der Waals surface area contributed by atoms with Crippen molar-refractivity contribution in [3.63, 3.8) is 0 Å². The molecule has 0 spiro atoms. The molecule has 6 heteroatoms. The van der Waals surface area contributed by atoms with E-state index in [1.807, 2.05) is 0 Å². The molecule has 0 atom stereocenters. The summed E-state index contributed by atoms with van der Waals surface area (Å²) in [6.45, 7) is 0.123. The van der Waals surface area contributed by atoms with Gasteiger partial charge in [0.2, 0.25) is 0 Å². The Labute approximate surface area is 104 Å². The molecular formula is C12H15F2NO3. The Kier molecular flexibility index (Phi) is 4.61. The molecule has 2 N–H and O–H groups in total. The molecule has 0 aliphatic heterocycles. The number of ether oxygens (including phenoxy) is 1. The van der Waals surface area contributed by atoms with Gasteiger partial charge in [0.25, 0.3) is 5.91 Å². The molecule has 1 aromatic carbocycles. The summed E-state index contributed by atoms with van der Waals surface area (Å²) in [6.07, 6.45) is 0. The summed E-state index contributed by atoms with van der Waals surface area (Å²) < 4.78 is 28.2. The van der Waals surface area contributed by atoms with Crippen molar-refractivity contribution in [1.82, 2.24) is 5.32 Å². The summed E-state index contributed by atoms with van der Waals surface area (Å²) >= 11 is 0. The van der Waals surface area contributed by atoms with Crippen LogP contribution in [-0.4, -0.2) is 29.8 Å². The Hall–Kier alpha value is -1.69. The van der Waals surface area contributed by atoms with Crippen molar-refractivity contribution in [2.24, 2.45) is 0 Å². The van der Waals surface area contributed by atoms with E-state index in [0.717, 1.165) is 0 Å². The van der Waals surface area contributed by atoms with E-state index in [-0.39, 0.29) is 17.9 Å². The van der Waals surface area contributed by atoms with Crippen LogP contribution in [0.5, 0.6) is 5.75 Å². The van der Waals surface area contributed by atoms with Gasteiger partial charge in [0, 0.05) is 5.56 Å². The van der Waals surface area contributed by atoms with Crippen LogP contribution in [0.1, 0.15) is 24.2 Å². The van der Waals surface area contributed by atoms with Gasteiger partial charge in [-0.05, 0) is 32.0 Å². The third kappa shape index (κ3) is 4.29. The van der Waals surface area contributed by atoms with Gasteiger partial charge in [-0.25, -0.2) is 0 Å². The maximum Gasteiger partial charge on any atom is 0.387 e. The standard InChI is InChI=1S/C12H15F2NO3/c1-12(2,7-16)15-10(17)8-4-3-5-9(6-8)18-11(13)14/h3-6,11,16H,7H2,1-2H3,(H,15,17). The highest BCUT2D eigenvalue weighted by Gasteiger charge is 2.20. The van der Waals surface area contributed by atoms with Crippen LogP contribution in [0.2, 0.25) is 0 Å². The predicted octanol–water partition coefficient (Wildman–Crippen LogP) is 1.79. The molecule has 0 unspecified atom stereocenters. The molecule has 100 valence electrons. The number of halogens is 2. The van der Waals surface area contributed by atoms with Gasteiger partial charge >= 0.3 is 6.61 Å². The van der Waals surface area contributed by atoms with Crippen molar-refractivity contribution in [1.29, 1.82) is 0 Å². The molecular weight excluding hydrogens is 244 g/mol. The lowest BCUT2D eigenvalue weighted by molar-refractivity contribution is -0.0498. The topological polar surface area (TPSA) is 58.6 Å². The predicted molar refractivity (Wildman–Crippen MR) is 61.7 cm³/mol. The molecule has 0 aliphatic carbocycles. The minimum atomic E-state index is -2.93. The first-order valence-corrected chi connectivity index (χ1v) is 5.32. The summed E-state index contributed by atoms with van der Waals surface area (Å²) in [4.78, 5) is 11.8. The zero-order chi connectivity index (χ0) is 13.8. The van der Waals surface area contributed by atoms with Crippen molar-refractivity contribution < 1.29 is 23.4 Å². The number of aliphatic hydroxyl groups is 1. The number of carbonyl (C=O) groups is 1. The fourth-order valence-corrected chi connectivity index (χ4v) is 1.23. The summed E-state index contributed by atoms with van der Waals surface area (Å²) in [5, 5.41) is 11.6. The third-order valence-corrected chi connectivity index (χ3v) is 2.17. The van der Waals surface area contributed by atoms with Crippen LogP contribution in [0.15, 0.2) is 24.3 Å². The minimum absolute atomic E-state index is 0.0838. The lowest BCUT2D eigenvalue weighted by Crippen LogP contribution is -2.46. The zero-order valence-electron chi connectivity index (χ0n) is 10.1. The fraction of sp³-hybridized carbons (Fsp3) is 0.417. The van der Waals surface area contributed by atoms with E-state index < -0.39 is 18.1 Å². The summed E-state index contributed by atoms with van der Waals surface area (Å²) in [7, 11) is 0. The number of nitrogens with one attached hydrogen (secondary N) is 1. The average Bonchev–Trinajstić information content (AvgIpc) is 2.28. The molecule has 0 bridgehead atoms. The molecule has 18 heavy (non-hydrogen) atoms. The van der Waals surface area contributed by atoms with Crippen LogP contribution in [0.25, 0.3) is 0 Å². The number of carbonyl (C=O) groups excluding carboxylic acids is 1. The van der Waals surface area contributed by atoms with E-state index in [1.165, 1.54) is 24.3 Å². The Morgan fingerprint density at radius 2 is 2.17 bits per heavy atom. The monoisotopic (exact) mass is 259 g/mol. The van der Waals surface area contributed by atoms with Crippen molar-refractivity contribution in [3.8, 4) is 5.75 Å². The highest BCUT2D eigenvalue weighted by molar-refractivity contribution is 5.95. The van der Waals surface area contributed by atoms with Gasteiger partial charge in [-0.2, -0.15) is 8.78 Å². The van der Waals surface area contributed by atoms with Crippen LogP contribution in [0.4, 0.5) is 8.78 Å². The van der Waals surface area contributed by atoms with E-state index >= 15 is 0 Å². The first kappa shape index (κ1) is 14.4. The average molecular weight is 259 g/mol. The molecule has 0 saturated heterocycles. The van der Waals surface area contributed by atoms with Gasteiger partial charge in [0.05, 0.1) is 12.1 Å². The van der Waals surface area contributed by atoms with Crippen molar-refractivity contribution in [2.75, 3.05) is 6.61 Å². The van der Waals surface area contributed by atoms with Gasteiger partial charge in [-0.3, -0.25) is 4.79 Å². The van der Waals surface area contributed by atoms with Gasteiger partial charge in [0.15, 0.2) is 0 Å². The normalized spacial score (nSPS) is 11.4. The Balaban J connectivity index is 2.80. The lowest BCUT2D eigenvalue weighted by atomic mass is 10.1. The van der Waals surface area contributed by atoms with Crippen molar-refractivity contribution >= 4 is 5.91 Å². The Morgan fingerprint density at radius 1 is 1.50 bits per heavy atom. The van der Waals surface area contributed by atoms with E-state index in [0.29, 0.717) is 0 Å². The van der Waals surface area contributed by atoms with Gasteiger partial charge in [-0.1, -0.05) is 6.07 Å². The maximum atomic E-state index is 12.0. The van der Waals surface area contributed by atoms with Gasteiger partial charge < -0.3 is 15.2 Å². The summed E-state index contributed by atoms with van der Waals surface area (Å²) in [5.41, 5.74) is -0.592. The first-order valence-electron chi connectivity index (χ1n) is 5.32. The second-order valence-electron chi connectivity index (χ2n) is 4.40. The largest absolute Gasteiger partial charge is 0.435 e. The summed E-state index contributed by atoms with van der Waals surface area (Å²) in [6, 6.07) is 5.47. The molecule has 0 fully saturated rings. The van der Waals surface area contributed by atoms with Crippen LogP contribution in [0, 0.1) is 0 Å². The van der Waals surface area contributed by atoms with Crippen LogP contribution < -0.4 is 10.1 Å². The number of alkyl halides is 2. The Bertz CT molecular complexity index is 422. The number of benzene rings is 1. The van der Waals surface area contributed by atoms with Gasteiger partial charge in [0.1, 0.15) is 5.75 Å². The quantitative estimate of drug-likeness (QED) is 0.847. The smallest absolute Gasteiger partial charge is 0.387 e. The highest BCUT2D eigenvalue weighted by atomic mass is 19.3. The molecule has 0 radical (unpaired) electrons. The Morgan fingerprint density at radius 3 is 2.72 bits per heavy atom. The highest BCUT2D eigenvalue weighted by Crippen LogP contribution is 2.16. The van der Waals surface area contributed by atoms with E-state index in [2.05, 4.69) is 10.1 Å².